The Morgan fingerprint density at radius 2 is 2.17 bits per heavy atom. The Morgan fingerprint density at radius 3 is 2.86 bits per heavy atom. The second kappa shape index (κ2) is 9.08. The summed E-state index contributed by atoms with van der Waals surface area (Å²) in [6.07, 6.45) is 6.49. The normalized spacial score (nSPS) is 18.4. The van der Waals surface area contributed by atoms with E-state index < -0.39 is 22.0 Å². The number of thiazole rings is 1. The van der Waals surface area contributed by atoms with Crippen LogP contribution in [-0.4, -0.2) is 42.2 Å². The van der Waals surface area contributed by atoms with Gasteiger partial charge in [-0.05, 0) is 45.3 Å². The van der Waals surface area contributed by atoms with Gasteiger partial charge in [-0.25, -0.2) is 18.2 Å². The number of nitrogens with one attached hydrogen (secondary N) is 1. The lowest BCUT2D eigenvalue weighted by molar-refractivity contribution is 0.198. The van der Waals surface area contributed by atoms with Crippen molar-refractivity contribution in [3.8, 4) is 5.06 Å². The van der Waals surface area contributed by atoms with Crippen molar-refractivity contribution in [2.24, 2.45) is 0 Å². The van der Waals surface area contributed by atoms with Crippen molar-refractivity contribution in [3.05, 3.63) is 27.7 Å². The fourth-order valence-electron chi connectivity index (χ4n) is 3.08. The van der Waals surface area contributed by atoms with E-state index in [0.29, 0.717) is 22.2 Å². The Balaban J connectivity index is 1.64. The van der Waals surface area contributed by atoms with Crippen LogP contribution in [0.1, 0.15) is 53.9 Å². The molecule has 0 saturated carbocycles. The molecule has 1 saturated heterocycles. The van der Waals surface area contributed by atoms with Crippen molar-refractivity contribution in [2.75, 3.05) is 11.5 Å². The first-order chi connectivity index (χ1) is 13.8. The van der Waals surface area contributed by atoms with Gasteiger partial charge in [0.15, 0.2) is 9.84 Å². The minimum atomic E-state index is -3.06. The Hall–Kier alpha value is -2.20. The molecule has 3 heterocycles. The highest BCUT2D eigenvalue weighted by Gasteiger charge is 2.29. The van der Waals surface area contributed by atoms with Crippen LogP contribution in [0.3, 0.4) is 0 Å². The first-order valence-corrected chi connectivity index (χ1v) is 12.2. The third-order valence-corrected chi connectivity index (χ3v) is 7.42. The maximum absolute atomic E-state index is 12.1. The highest BCUT2D eigenvalue weighted by molar-refractivity contribution is 7.91. The van der Waals surface area contributed by atoms with E-state index in [9.17, 15) is 13.2 Å². The first kappa shape index (κ1) is 21.5. The van der Waals surface area contributed by atoms with Crippen LogP contribution in [0.5, 0.6) is 5.06 Å². The highest BCUT2D eigenvalue weighted by Crippen LogP contribution is 2.29. The predicted molar refractivity (Wildman–Crippen MR) is 112 cm³/mol. The summed E-state index contributed by atoms with van der Waals surface area (Å²) < 4.78 is 33.6. The van der Waals surface area contributed by atoms with Crippen molar-refractivity contribution in [1.29, 1.82) is 0 Å². The van der Waals surface area contributed by atoms with Gasteiger partial charge in [0.1, 0.15) is 10.8 Å². The summed E-state index contributed by atoms with van der Waals surface area (Å²) >= 11 is 1.25. The van der Waals surface area contributed by atoms with E-state index >= 15 is 0 Å². The smallest absolute Gasteiger partial charge is 0.397 e. The zero-order valence-electron chi connectivity index (χ0n) is 16.7. The summed E-state index contributed by atoms with van der Waals surface area (Å²) in [7, 11) is -3.06. The molecular weight excluding hydrogens is 414 g/mol. The maximum Gasteiger partial charge on any atom is 0.413 e. The summed E-state index contributed by atoms with van der Waals surface area (Å²) in [5.41, 5.74) is 2.47. The van der Waals surface area contributed by atoms with Crippen LogP contribution >= 0.6 is 11.3 Å². The predicted octanol–water partition coefficient (Wildman–Crippen LogP) is 3.54. The van der Waals surface area contributed by atoms with Crippen LogP contribution in [0.4, 0.5) is 4.79 Å². The van der Waals surface area contributed by atoms with E-state index in [1.54, 1.807) is 6.92 Å². The van der Waals surface area contributed by atoms with Gasteiger partial charge in [0, 0.05) is 11.6 Å². The maximum atomic E-state index is 12.1. The average molecular weight is 440 g/mol. The molecule has 1 amide bonds. The van der Waals surface area contributed by atoms with Crippen LogP contribution in [0.15, 0.2) is 4.52 Å². The van der Waals surface area contributed by atoms with Gasteiger partial charge in [-0.2, -0.15) is 0 Å². The number of aromatic nitrogens is 2. The van der Waals surface area contributed by atoms with Crippen molar-refractivity contribution in [3.63, 3.8) is 0 Å². The Bertz CT molecular complexity index is 1010. The van der Waals surface area contributed by atoms with E-state index in [0.717, 1.165) is 36.3 Å². The van der Waals surface area contributed by atoms with Crippen molar-refractivity contribution < 1.29 is 22.5 Å². The number of rotatable bonds is 7. The second-order valence-electron chi connectivity index (χ2n) is 7.09. The Morgan fingerprint density at radius 1 is 1.38 bits per heavy atom. The summed E-state index contributed by atoms with van der Waals surface area (Å²) in [5.74, 6) is 0.800. The Kier molecular flexibility index (Phi) is 6.74. The summed E-state index contributed by atoms with van der Waals surface area (Å²) in [4.78, 5) is 16.5. The van der Waals surface area contributed by atoms with Gasteiger partial charge < -0.3 is 14.6 Å². The van der Waals surface area contributed by atoms with Gasteiger partial charge >= 0.3 is 6.09 Å². The number of unbranched alkanes of at least 4 members (excludes halogenated alkanes) is 1. The van der Waals surface area contributed by atoms with E-state index in [1.807, 2.05) is 19.1 Å². The van der Waals surface area contributed by atoms with Crippen molar-refractivity contribution in [1.82, 2.24) is 15.5 Å². The molecule has 8 nitrogen and oxygen atoms in total. The van der Waals surface area contributed by atoms with E-state index in [4.69, 9.17) is 9.26 Å². The van der Waals surface area contributed by atoms with Gasteiger partial charge in [0.2, 0.25) is 5.06 Å². The molecule has 0 aliphatic carbocycles. The monoisotopic (exact) mass is 439 g/mol. The van der Waals surface area contributed by atoms with Gasteiger partial charge in [-0.15, -0.1) is 0 Å². The van der Waals surface area contributed by atoms with E-state index in [1.165, 1.54) is 11.3 Å². The minimum Gasteiger partial charge on any atom is -0.397 e. The molecule has 1 N–H and O–H groups in total. The molecule has 158 valence electrons. The largest absolute Gasteiger partial charge is 0.413 e. The molecule has 0 aromatic carbocycles. The molecule has 1 fully saturated rings. The number of nitrogens with zero attached hydrogens (tertiary/aromatic N) is 2. The SMILES string of the molecule is CCCCc1noc(C)c1/C=C/c1nc(C)c(OC(=O)NC2CCS(=O)(=O)C2)s1. The van der Waals surface area contributed by atoms with Crippen molar-refractivity contribution in [2.45, 2.75) is 52.5 Å². The third kappa shape index (κ3) is 5.66. The third-order valence-electron chi connectivity index (χ3n) is 4.65. The zero-order chi connectivity index (χ0) is 21.0. The number of hydrogen-bond donors (Lipinski definition) is 1. The van der Waals surface area contributed by atoms with Crippen LogP contribution in [0.2, 0.25) is 0 Å². The molecule has 2 aromatic heterocycles. The lowest BCUT2D eigenvalue weighted by atomic mass is 10.1. The van der Waals surface area contributed by atoms with Gasteiger partial charge in [-0.1, -0.05) is 29.8 Å². The molecule has 1 unspecified atom stereocenters. The number of aryl methyl sites for hydroxylation is 3. The quantitative estimate of drug-likeness (QED) is 0.702. The number of ether oxygens (including phenoxy) is 1. The number of amides is 1. The number of carbonyl (C=O) groups is 1. The van der Waals surface area contributed by atoms with Crippen LogP contribution in [0, 0.1) is 13.8 Å². The molecule has 2 aromatic rings. The van der Waals surface area contributed by atoms with E-state index in [-0.39, 0.29) is 11.5 Å². The molecule has 1 aliphatic rings. The van der Waals surface area contributed by atoms with Crippen LogP contribution in [-0.2, 0) is 16.3 Å². The molecule has 1 atom stereocenters. The number of sulfone groups is 1. The molecule has 0 spiro atoms. The van der Waals surface area contributed by atoms with Crippen LogP contribution in [0.25, 0.3) is 12.2 Å². The second-order valence-corrected chi connectivity index (χ2v) is 10.3. The fraction of sp³-hybridized carbons (Fsp3) is 0.526. The van der Waals surface area contributed by atoms with E-state index in [2.05, 4.69) is 22.4 Å². The summed E-state index contributed by atoms with van der Waals surface area (Å²) in [5, 5.41) is 7.81. The topological polar surface area (TPSA) is 111 Å². The molecular formula is C19H25N3O5S2. The van der Waals surface area contributed by atoms with Gasteiger partial charge in [0.05, 0.1) is 22.9 Å². The summed E-state index contributed by atoms with van der Waals surface area (Å²) in [6, 6.07) is -0.404. The first-order valence-electron chi connectivity index (χ1n) is 9.57. The fourth-order valence-corrected chi connectivity index (χ4v) is 5.57. The van der Waals surface area contributed by atoms with Crippen molar-refractivity contribution >= 4 is 39.4 Å². The zero-order valence-corrected chi connectivity index (χ0v) is 18.4. The molecule has 1 aliphatic heterocycles. The highest BCUT2D eigenvalue weighted by atomic mass is 32.2. The Labute approximate surface area is 174 Å². The lowest BCUT2D eigenvalue weighted by Crippen LogP contribution is -2.37. The number of hydrogen-bond acceptors (Lipinski definition) is 8. The lowest BCUT2D eigenvalue weighted by Gasteiger charge is -2.09. The summed E-state index contributed by atoms with van der Waals surface area (Å²) in [6.45, 7) is 5.76. The van der Waals surface area contributed by atoms with Crippen LogP contribution < -0.4 is 10.1 Å². The molecule has 3 rings (SSSR count). The minimum absolute atomic E-state index is 0.0454. The standard InChI is InChI=1S/C19H25N3O5S2/c1-4-5-6-16-15(13(3)27-22-16)7-8-17-20-12(2)18(28-17)26-19(23)21-14-9-10-29(24,25)11-14/h7-8,14H,4-6,9-11H2,1-3H3,(H,21,23)/b8-7+. The number of carbonyl (C=O) groups excluding carboxylic acids is 1. The molecule has 0 radical (unpaired) electrons. The molecule has 29 heavy (non-hydrogen) atoms. The van der Waals surface area contributed by atoms with Gasteiger partial charge in [-0.3, -0.25) is 0 Å². The average Bonchev–Trinajstić information content (AvgIpc) is 3.29. The van der Waals surface area contributed by atoms with Gasteiger partial charge in [0.25, 0.3) is 0 Å². The molecule has 10 heteroatoms. The molecule has 0 bridgehead atoms.